The number of nitrogens with one attached hydrogen (secondary N) is 1. The highest BCUT2D eigenvalue weighted by atomic mass is 35.5. The zero-order chi connectivity index (χ0) is 10.8. The van der Waals surface area contributed by atoms with E-state index in [0.717, 1.165) is 0 Å². The summed E-state index contributed by atoms with van der Waals surface area (Å²) in [5, 5.41) is 0.0351. The predicted molar refractivity (Wildman–Crippen MR) is 58.5 cm³/mol. The van der Waals surface area contributed by atoms with E-state index in [4.69, 9.17) is 11.6 Å². The van der Waals surface area contributed by atoms with E-state index in [1.165, 1.54) is 0 Å². The number of para-hydroxylation sites is 2. The summed E-state index contributed by atoms with van der Waals surface area (Å²) in [5.41, 5.74) is 1.20. The van der Waals surface area contributed by atoms with E-state index in [1.807, 2.05) is 0 Å². The van der Waals surface area contributed by atoms with E-state index < -0.39 is 10.9 Å². The highest BCUT2D eigenvalue weighted by Gasteiger charge is 2.05. The van der Waals surface area contributed by atoms with Crippen molar-refractivity contribution in [2.45, 2.75) is 0 Å². The average molecular weight is 244 g/mol. The van der Waals surface area contributed by atoms with E-state index in [0.29, 0.717) is 11.0 Å². The lowest BCUT2D eigenvalue weighted by Gasteiger charge is -2.02. The van der Waals surface area contributed by atoms with Crippen LogP contribution in [0, 0.1) is 0 Å². The van der Waals surface area contributed by atoms with Crippen LogP contribution in [0.3, 0.4) is 0 Å². The molecule has 1 heterocycles. The van der Waals surface area contributed by atoms with Crippen LogP contribution in [0.2, 0.25) is 5.15 Å². The molecular weight excluding hydrogens is 238 g/mol. The highest BCUT2D eigenvalue weighted by Crippen LogP contribution is 2.20. The molecule has 1 aromatic heterocycles. The van der Waals surface area contributed by atoms with Crippen molar-refractivity contribution in [1.82, 2.24) is 9.97 Å². The molecule has 15 heavy (non-hydrogen) atoms. The summed E-state index contributed by atoms with van der Waals surface area (Å²) in [5.74, 6) is 0.0477. The number of nitrogens with zero attached hydrogens (tertiary/aromatic N) is 2. The fourth-order valence-electron chi connectivity index (χ4n) is 1.14. The van der Waals surface area contributed by atoms with Crippen LogP contribution < -0.4 is 4.72 Å². The molecule has 0 bridgehead atoms. The lowest BCUT2D eigenvalue weighted by Crippen LogP contribution is -2.00. The van der Waals surface area contributed by atoms with Crippen LogP contribution in [0.15, 0.2) is 24.3 Å². The van der Waals surface area contributed by atoms with Gasteiger partial charge in [0.2, 0.25) is 10.9 Å². The van der Waals surface area contributed by atoms with Gasteiger partial charge in [-0.25, -0.2) is 18.4 Å². The van der Waals surface area contributed by atoms with E-state index in [1.54, 1.807) is 24.3 Å². The van der Waals surface area contributed by atoms with Gasteiger partial charge < -0.3 is 0 Å². The van der Waals surface area contributed by atoms with E-state index in [9.17, 15) is 8.42 Å². The molecule has 1 aromatic carbocycles. The first-order valence-electron chi connectivity index (χ1n) is 4.00. The van der Waals surface area contributed by atoms with E-state index in [-0.39, 0.29) is 11.0 Å². The molecule has 2 aromatic rings. The molecule has 0 fully saturated rings. The molecule has 0 aliphatic carbocycles. The van der Waals surface area contributed by atoms with Gasteiger partial charge in [-0.3, -0.25) is 4.72 Å². The Hall–Kier alpha value is -1.40. The maximum atomic E-state index is 10.5. The molecule has 7 heteroatoms. The van der Waals surface area contributed by atoms with Crippen LogP contribution in [0.1, 0.15) is 0 Å². The minimum Gasteiger partial charge on any atom is -0.267 e. The molecule has 0 spiro atoms. The molecule has 2 rings (SSSR count). The van der Waals surface area contributed by atoms with Crippen LogP contribution >= 0.6 is 11.6 Å². The molecule has 0 unspecified atom stereocenters. The van der Waals surface area contributed by atoms with Crippen molar-refractivity contribution in [3.8, 4) is 0 Å². The predicted octanol–water partition coefficient (Wildman–Crippen LogP) is 1.22. The molecule has 0 amide bonds. The number of hydrogen-bond acceptors (Lipinski definition) is 4. The first-order valence-corrected chi connectivity index (χ1v) is 5.55. The van der Waals surface area contributed by atoms with Gasteiger partial charge in [0.1, 0.15) is 0 Å². The lowest BCUT2D eigenvalue weighted by atomic mass is 10.3. The van der Waals surface area contributed by atoms with Crippen molar-refractivity contribution < 1.29 is 8.42 Å². The Morgan fingerprint density at radius 3 is 2.33 bits per heavy atom. The second-order valence-corrected chi connectivity index (χ2v) is 3.82. The van der Waals surface area contributed by atoms with Crippen molar-refractivity contribution in [3.63, 3.8) is 0 Å². The zero-order valence-corrected chi connectivity index (χ0v) is 9.00. The van der Waals surface area contributed by atoms with Crippen molar-refractivity contribution in [1.29, 1.82) is 0 Å². The fourth-order valence-corrected chi connectivity index (χ4v) is 1.71. The average Bonchev–Trinajstić information content (AvgIpc) is 2.18. The lowest BCUT2D eigenvalue weighted by molar-refractivity contribution is 0.619. The highest BCUT2D eigenvalue weighted by molar-refractivity contribution is 7.73. The third kappa shape index (κ3) is 2.16. The van der Waals surface area contributed by atoms with Gasteiger partial charge in [-0.05, 0) is 12.1 Å². The summed E-state index contributed by atoms with van der Waals surface area (Å²) in [6, 6.07) is 7.05. The van der Waals surface area contributed by atoms with Crippen molar-refractivity contribution in [2.75, 3.05) is 4.72 Å². The second-order valence-electron chi connectivity index (χ2n) is 2.72. The molecule has 0 radical (unpaired) electrons. The minimum absolute atomic E-state index is 0.0351. The Labute approximate surface area is 92.2 Å². The van der Waals surface area contributed by atoms with Crippen molar-refractivity contribution in [2.24, 2.45) is 0 Å². The standard InChI is InChI=1S/C8H6ClN3O2S/c9-7-8(12-15(13)14)11-6-4-2-1-3-5(6)10-7/h1-4,15H,(H,11,12,13,14). The monoisotopic (exact) mass is 243 g/mol. The van der Waals surface area contributed by atoms with Gasteiger partial charge in [0.25, 0.3) is 0 Å². The maximum Gasteiger partial charge on any atom is 0.223 e. The summed E-state index contributed by atoms with van der Waals surface area (Å²) in [7, 11) is -2.79. The van der Waals surface area contributed by atoms with Crippen LogP contribution in [-0.2, 0) is 10.9 Å². The topological polar surface area (TPSA) is 72.0 Å². The summed E-state index contributed by atoms with van der Waals surface area (Å²) < 4.78 is 23.0. The molecule has 1 N–H and O–H groups in total. The van der Waals surface area contributed by atoms with Gasteiger partial charge in [0.05, 0.1) is 11.0 Å². The summed E-state index contributed by atoms with van der Waals surface area (Å²) >= 11 is 5.74. The van der Waals surface area contributed by atoms with Gasteiger partial charge in [-0.15, -0.1) is 0 Å². The number of rotatable bonds is 2. The van der Waals surface area contributed by atoms with Crippen molar-refractivity contribution in [3.05, 3.63) is 29.4 Å². The van der Waals surface area contributed by atoms with E-state index in [2.05, 4.69) is 14.7 Å². The van der Waals surface area contributed by atoms with Gasteiger partial charge >= 0.3 is 0 Å². The SMILES string of the molecule is O=[SH](=O)Nc1nc2ccccc2nc1Cl. The van der Waals surface area contributed by atoms with Crippen LogP contribution in [0.5, 0.6) is 0 Å². The van der Waals surface area contributed by atoms with Crippen LogP contribution in [-0.4, -0.2) is 18.4 Å². The first-order chi connectivity index (χ1) is 7.16. The summed E-state index contributed by atoms with van der Waals surface area (Å²) in [6.45, 7) is 0. The summed E-state index contributed by atoms with van der Waals surface area (Å²) in [6.07, 6.45) is 0. The number of hydrogen-bond donors (Lipinski definition) is 2. The zero-order valence-electron chi connectivity index (χ0n) is 7.35. The maximum absolute atomic E-state index is 10.5. The Balaban J connectivity index is 2.61. The molecule has 5 nitrogen and oxygen atoms in total. The molecule has 78 valence electrons. The Kier molecular flexibility index (Phi) is 2.70. The molecule has 0 aliphatic rings. The number of halogens is 1. The van der Waals surface area contributed by atoms with Gasteiger partial charge in [-0.1, -0.05) is 23.7 Å². The molecule has 0 aliphatic heterocycles. The summed E-state index contributed by atoms with van der Waals surface area (Å²) in [4.78, 5) is 8.03. The number of thiol groups is 1. The largest absolute Gasteiger partial charge is 0.267 e. The number of anilines is 1. The van der Waals surface area contributed by atoms with E-state index >= 15 is 0 Å². The van der Waals surface area contributed by atoms with Gasteiger partial charge in [0.15, 0.2) is 11.0 Å². The number of fused-ring (bicyclic) bond motifs is 1. The molecule has 0 saturated heterocycles. The molecule has 0 saturated carbocycles. The Morgan fingerprint density at radius 2 is 1.73 bits per heavy atom. The normalized spacial score (nSPS) is 10.8. The Bertz CT molecular complexity index is 577. The van der Waals surface area contributed by atoms with Gasteiger partial charge in [0, 0.05) is 0 Å². The fraction of sp³-hybridized carbons (Fsp3) is 0. The van der Waals surface area contributed by atoms with Crippen molar-refractivity contribution >= 4 is 39.3 Å². The molecular formula is C8H6ClN3O2S. The number of benzene rings is 1. The smallest absolute Gasteiger partial charge is 0.223 e. The van der Waals surface area contributed by atoms with Crippen LogP contribution in [0.25, 0.3) is 11.0 Å². The first kappa shape index (κ1) is 10.1. The Morgan fingerprint density at radius 1 is 1.13 bits per heavy atom. The molecule has 0 atom stereocenters. The van der Waals surface area contributed by atoms with Gasteiger partial charge in [-0.2, -0.15) is 0 Å². The third-order valence-corrected chi connectivity index (χ3v) is 2.38. The third-order valence-electron chi connectivity index (χ3n) is 1.73. The quantitative estimate of drug-likeness (QED) is 0.778. The second kappa shape index (κ2) is 4.00. The number of aromatic nitrogens is 2. The minimum atomic E-state index is -2.79. The van der Waals surface area contributed by atoms with Crippen LogP contribution in [0.4, 0.5) is 5.82 Å².